The maximum absolute atomic E-state index is 6.04. The van der Waals surface area contributed by atoms with E-state index in [1.165, 1.54) is 21.9 Å². The van der Waals surface area contributed by atoms with E-state index in [-0.39, 0.29) is 0 Å². The molecular weight excluding hydrogens is 296 g/mol. The number of fused-ring (bicyclic) bond motifs is 1. The van der Waals surface area contributed by atoms with Crippen LogP contribution in [0.25, 0.3) is 6.08 Å². The summed E-state index contributed by atoms with van der Waals surface area (Å²) in [4.78, 5) is 0. The molecular formula is C21H24OSi. The highest BCUT2D eigenvalue weighted by atomic mass is 28.3. The Balaban J connectivity index is 2.06. The fourth-order valence-electron chi connectivity index (χ4n) is 3.54. The Morgan fingerprint density at radius 1 is 1.13 bits per heavy atom. The van der Waals surface area contributed by atoms with Crippen molar-refractivity contribution in [2.75, 3.05) is 6.61 Å². The van der Waals surface area contributed by atoms with E-state index in [1.54, 1.807) is 0 Å². The first-order chi connectivity index (χ1) is 11.1. The summed E-state index contributed by atoms with van der Waals surface area (Å²) in [6, 6.07) is 15.3. The molecule has 0 fully saturated rings. The lowest BCUT2D eigenvalue weighted by Gasteiger charge is -2.32. The number of hydrogen-bond acceptors (Lipinski definition) is 1. The first-order valence-electron chi connectivity index (χ1n) is 8.16. The van der Waals surface area contributed by atoms with Crippen molar-refractivity contribution >= 4 is 19.3 Å². The lowest BCUT2D eigenvalue weighted by Crippen LogP contribution is -2.47. The second-order valence-corrected chi connectivity index (χ2v) is 11.3. The van der Waals surface area contributed by atoms with Crippen molar-refractivity contribution in [3.05, 3.63) is 77.9 Å². The maximum atomic E-state index is 6.04. The molecule has 0 aliphatic heterocycles. The third-order valence-electron chi connectivity index (χ3n) is 4.83. The van der Waals surface area contributed by atoms with Crippen LogP contribution < -0.4 is 9.92 Å². The van der Waals surface area contributed by atoms with Crippen molar-refractivity contribution < 1.29 is 4.74 Å². The molecule has 2 aromatic rings. The number of aryl methyl sites for hydroxylation is 1. The van der Waals surface area contributed by atoms with Crippen molar-refractivity contribution in [1.82, 2.24) is 0 Å². The number of allylic oxidation sites excluding steroid dienone is 1. The van der Waals surface area contributed by atoms with Crippen molar-refractivity contribution in [2.45, 2.75) is 25.6 Å². The molecule has 1 unspecified atom stereocenters. The smallest absolute Gasteiger partial charge is 0.121 e. The topological polar surface area (TPSA) is 9.23 Å². The number of hydrogen-bond donors (Lipinski definition) is 0. The lowest BCUT2D eigenvalue weighted by molar-refractivity contribution is 0.363. The number of benzene rings is 2. The van der Waals surface area contributed by atoms with E-state index in [0.717, 1.165) is 5.75 Å². The van der Waals surface area contributed by atoms with Crippen LogP contribution in [-0.2, 0) is 0 Å². The average Bonchev–Trinajstić information content (AvgIpc) is 2.98. The molecule has 1 atom stereocenters. The van der Waals surface area contributed by atoms with Gasteiger partial charge in [0.15, 0.2) is 0 Å². The second-order valence-electron chi connectivity index (χ2n) is 6.74. The summed E-state index contributed by atoms with van der Waals surface area (Å²) in [5.74, 6) is 1.06. The van der Waals surface area contributed by atoms with Crippen LogP contribution in [0.4, 0.5) is 0 Å². The maximum Gasteiger partial charge on any atom is 0.121 e. The van der Waals surface area contributed by atoms with Crippen LogP contribution >= 0.6 is 0 Å². The molecule has 0 spiro atoms. The van der Waals surface area contributed by atoms with Gasteiger partial charge in [0.2, 0.25) is 0 Å². The van der Waals surface area contributed by atoms with Gasteiger partial charge in [-0.05, 0) is 28.8 Å². The fraction of sp³-hybridized carbons (Fsp3) is 0.238. The number of ether oxygens (including phenoxy) is 1. The van der Waals surface area contributed by atoms with Gasteiger partial charge in [0, 0.05) is 5.54 Å². The third-order valence-corrected chi connectivity index (χ3v) is 8.67. The molecule has 2 heteroatoms. The summed E-state index contributed by atoms with van der Waals surface area (Å²) in [5.41, 5.74) is 4.52. The molecule has 1 aliphatic carbocycles. The van der Waals surface area contributed by atoms with Crippen LogP contribution in [0.2, 0.25) is 13.1 Å². The van der Waals surface area contributed by atoms with E-state index in [9.17, 15) is 0 Å². The summed E-state index contributed by atoms with van der Waals surface area (Å²) in [6.45, 7) is 11.4. The number of para-hydroxylation sites is 1. The first kappa shape index (κ1) is 15.8. The molecule has 0 amide bonds. The predicted octanol–water partition coefficient (Wildman–Crippen LogP) is 4.83. The minimum Gasteiger partial charge on any atom is -0.489 e. The monoisotopic (exact) mass is 320 g/mol. The van der Waals surface area contributed by atoms with Gasteiger partial charge in [0.1, 0.15) is 12.4 Å². The minimum absolute atomic E-state index is 0.492. The average molecular weight is 321 g/mol. The van der Waals surface area contributed by atoms with Crippen molar-refractivity contribution in [3.63, 3.8) is 0 Å². The second kappa shape index (κ2) is 6.21. The molecule has 1 nitrogen and oxygen atoms in total. The normalized spacial score (nSPS) is 16.2. The zero-order valence-electron chi connectivity index (χ0n) is 14.2. The fourth-order valence-corrected chi connectivity index (χ4v) is 6.87. The summed E-state index contributed by atoms with van der Waals surface area (Å²) in [6.07, 6.45) is 6.47. The van der Waals surface area contributed by atoms with E-state index in [1.807, 2.05) is 6.08 Å². The van der Waals surface area contributed by atoms with Gasteiger partial charge >= 0.3 is 0 Å². The Hall–Kier alpha value is -2.06. The van der Waals surface area contributed by atoms with E-state index >= 15 is 0 Å². The van der Waals surface area contributed by atoms with Crippen LogP contribution in [-0.4, -0.2) is 14.7 Å². The molecule has 2 aromatic carbocycles. The molecule has 0 bridgehead atoms. The predicted molar refractivity (Wildman–Crippen MR) is 102 cm³/mol. The lowest BCUT2D eigenvalue weighted by atomic mass is 10.1. The van der Waals surface area contributed by atoms with Gasteiger partial charge in [-0.3, -0.25) is 0 Å². The number of rotatable bonds is 5. The molecule has 0 aromatic heterocycles. The quantitative estimate of drug-likeness (QED) is 0.566. The van der Waals surface area contributed by atoms with Gasteiger partial charge in [-0.15, -0.1) is 0 Å². The molecule has 0 N–H and O–H groups in total. The molecule has 23 heavy (non-hydrogen) atoms. The summed E-state index contributed by atoms with van der Waals surface area (Å²) in [5, 5.41) is 1.39. The molecule has 118 valence electrons. The van der Waals surface area contributed by atoms with E-state index < -0.39 is 8.07 Å². The zero-order valence-corrected chi connectivity index (χ0v) is 15.2. The standard InChI is InChI=1S/C21H24OSi/c1-5-15-22-21-16(2)9-8-12-20(21)23(3,4)19-14-13-17-10-6-7-11-18(17)19/h5-14,19H,1,15H2,2-4H3. The van der Waals surface area contributed by atoms with Crippen LogP contribution in [0.15, 0.2) is 61.2 Å². The van der Waals surface area contributed by atoms with Crippen LogP contribution in [0.5, 0.6) is 5.75 Å². The third kappa shape index (κ3) is 2.79. The van der Waals surface area contributed by atoms with Crippen LogP contribution in [0, 0.1) is 6.92 Å². The minimum atomic E-state index is -1.77. The van der Waals surface area contributed by atoms with Gasteiger partial charge in [-0.25, -0.2) is 0 Å². The van der Waals surface area contributed by atoms with Crippen molar-refractivity contribution in [1.29, 1.82) is 0 Å². The van der Waals surface area contributed by atoms with Gasteiger partial charge in [0.25, 0.3) is 0 Å². The Kier molecular flexibility index (Phi) is 4.27. The molecule has 0 saturated heterocycles. The highest BCUT2D eigenvalue weighted by Gasteiger charge is 2.38. The summed E-state index contributed by atoms with van der Waals surface area (Å²) >= 11 is 0. The van der Waals surface area contributed by atoms with E-state index in [4.69, 9.17) is 4.74 Å². The summed E-state index contributed by atoms with van der Waals surface area (Å²) in [7, 11) is -1.77. The molecule has 0 heterocycles. The van der Waals surface area contributed by atoms with Gasteiger partial charge < -0.3 is 4.74 Å². The molecule has 0 saturated carbocycles. The SMILES string of the molecule is C=CCOc1c(C)cccc1[Si](C)(C)C1C=Cc2ccccc21. The highest BCUT2D eigenvalue weighted by Crippen LogP contribution is 2.38. The van der Waals surface area contributed by atoms with Gasteiger partial charge in [0.05, 0.1) is 8.07 Å². The van der Waals surface area contributed by atoms with Gasteiger partial charge in [-0.1, -0.05) is 80.4 Å². The zero-order chi connectivity index (χ0) is 16.4. The van der Waals surface area contributed by atoms with Crippen LogP contribution in [0.1, 0.15) is 22.2 Å². The van der Waals surface area contributed by atoms with E-state index in [0.29, 0.717) is 12.1 Å². The Morgan fingerprint density at radius 2 is 1.91 bits per heavy atom. The molecule has 3 rings (SSSR count). The first-order valence-corrected chi connectivity index (χ1v) is 11.2. The van der Waals surface area contributed by atoms with Crippen molar-refractivity contribution in [3.8, 4) is 5.75 Å². The largest absolute Gasteiger partial charge is 0.489 e. The van der Waals surface area contributed by atoms with Crippen LogP contribution in [0.3, 0.4) is 0 Å². The van der Waals surface area contributed by atoms with Gasteiger partial charge in [-0.2, -0.15) is 0 Å². The van der Waals surface area contributed by atoms with Crippen molar-refractivity contribution in [2.24, 2.45) is 0 Å². The molecule has 0 radical (unpaired) electrons. The Morgan fingerprint density at radius 3 is 2.70 bits per heavy atom. The summed E-state index contributed by atoms with van der Waals surface area (Å²) < 4.78 is 6.04. The highest BCUT2D eigenvalue weighted by molar-refractivity contribution is 6.92. The van der Waals surface area contributed by atoms with E-state index in [2.05, 4.69) is 81.2 Å². The Labute approximate surface area is 140 Å². The molecule has 1 aliphatic rings. The Bertz CT molecular complexity index is 758.